The number of benzene rings is 1. The zero-order chi connectivity index (χ0) is 14.0. The Labute approximate surface area is 111 Å². The smallest absolute Gasteiger partial charge is 0.274 e. The molecule has 102 valence electrons. The first-order valence-corrected chi connectivity index (χ1v) is 6.26. The summed E-state index contributed by atoms with van der Waals surface area (Å²) in [5, 5.41) is 16.8. The van der Waals surface area contributed by atoms with E-state index in [1.54, 1.807) is 13.0 Å². The zero-order valence-corrected chi connectivity index (χ0v) is 11.0. The number of nitrogens with zero attached hydrogens (tertiary/aromatic N) is 1. The minimum absolute atomic E-state index is 0.0328. The van der Waals surface area contributed by atoms with E-state index in [0.29, 0.717) is 17.8 Å². The molecule has 0 radical (unpaired) electrons. The summed E-state index contributed by atoms with van der Waals surface area (Å²) in [7, 11) is 0. The molecule has 1 aliphatic rings. The van der Waals surface area contributed by atoms with Gasteiger partial charge in [-0.3, -0.25) is 14.9 Å². The van der Waals surface area contributed by atoms with Crippen LogP contribution >= 0.6 is 0 Å². The molecule has 1 aromatic carbocycles. The molecule has 1 amide bonds. The summed E-state index contributed by atoms with van der Waals surface area (Å²) in [6.45, 7) is 5.03. The van der Waals surface area contributed by atoms with Crippen molar-refractivity contribution in [2.45, 2.75) is 20.3 Å². The Morgan fingerprint density at radius 1 is 1.42 bits per heavy atom. The second kappa shape index (κ2) is 5.36. The van der Waals surface area contributed by atoms with Crippen LogP contribution in [0.3, 0.4) is 0 Å². The van der Waals surface area contributed by atoms with Crippen molar-refractivity contribution in [3.8, 4) is 0 Å². The van der Waals surface area contributed by atoms with Gasteiger partial charge in [-0.1, -0.05) is 0 Å². The molecular formula is C13H17N3O3. The molecule has 1 heterocycles. The molecule has 1 aromatic rings. The van der Waals surface area contributed by atoms with Gasteiger partial charge in [0.25, 0.3) is 5.69 Å². The third-order valence-electron chi connectivity index (χ3n) is 3.43. The highest BCUT2D eigenvalue weighted by molar-refractivity contribution is 5.94. The summed E-state index contributed by atoms with van der Waals surface area (Å²) in [6.07, 6.45) is 0.804. The van der Waals surface area contributed by atoms with Gasteiger partial charge in [0, 0.05) is 18.2 Å². The van der Waals surface area contributed by atoms with Crippen LogP contribution in [0.5, 0.6) is 0 Å². The van der Waals surface area contributed by atoms with Crippen LogP contribution in [-0.2, 0) is 4.79 Å². The molecular weight excluding hydrogens is 246 g/mol. The predicted molar refractivity (Wildman–Crippen MR) is 72.2 cm³/mol. The molecule has 2 N–H and O–H groups in total. The van der Waals surface area contributed by atoms with Crippen molar-refractivity contribution in [1.29, 1.82) is 0 Å². The van der Waals surface area contributed by atoms with Gasteiger partial charge in [-0.05, 0) is 38.4 Å². The first-order chi connectivity index (χ1) is 8.99. The molecule has 6 nitrogen and oxygen atoms in total. The summed E-state index contributed by atoms with van der Waals surface area (Å²) in [4.78, 5) is 22.5. The summed E-state index contributed by atoms with van der Waals surface area (Å²) in [5.41, 5.74) is 1.99. The summed E-state index contributed by atoms with van der Waals surface area (Å²) < 4.78 is 0. The normalized spacial score (nSPS) is 18.3. The number of carbonyl (C=O) groups is 1. The Hall–Kier alpha value is -1.95. The molecule has 6 heteroatoms. The van der Waals surface area contributed by atoms with E-state index < -0.39 is 4.92 Å². The van der Waals surface area contributed by atoms with Crippen LogP contribution in [-0.4, -0.2) is 23.9 Å². The van der Waals surface area contributed by atoms with Crippen LogP contribution in [0, 0.1) is 29.9 Å². The van der Waals surface area contributed by atoms with Crippen LogP contribution in [0.4, 0.5) is 11.4 Å². The SMILES string of the molecule is Cc1cc(C)c([N+](=O)[O-])cc1NC(=O)C1CCNC1. The first kappa shape index (κ1) is 13.5. The maximum Gasteiger partial charge on any atom is 0.274 e. The van der Waals surface area contributed by atoms with Crippen LogP contribution in [0.25, 0.3) is 0 Å². The molecule has 1 aliphatic heterocycles. The highest BCUT2D eigenvalue weighted by Gasteiger charge is 2.23. The average molecular weight is 263 g/mol. The lowest BCUT2D eigenvalue weighted by Crippen LogP contribution is -2.25. The Morgan fingerprint density at radius 3 is 2.74 bits per heavy atom. The van der Waals surface area contributed by atoms with E-state index in [2.05, 4.69) is 10.6 Å². The number of anilines is 1. The Bertz CT molecular complexity index is 522. The van der Waals surface area contributed by atoms with Gasteiger partial charge < -0.3 is 10.6 Å². The zero-order valence-electron chi connectivity index (χ0n) is 11.0. The summed E-state index contributed by atoms with van der Waals surface area (Å²) in [6, 6.07) is 3.16. The third-order valence-corrected chi connectivity index (χ3v) is 3.43. The maximum atomic E-state index is 12.0. The van der Waals surface area contributed by atoms with Crippen molar-refractivity contribution in [1.82, 2.24) is 5.32 Å². The van der Waals surface area contributed by atoms with E-state index >= 15 is 0 Å². The summed E-state index contributed by atoms with van der Waals surface area (Å²) >= 11 is 0. The number of amides is 1. The van der Waals surface area contributed by atoms with E-state index in [9.17, 15) is 14.9 Å². The van der Waals surface area contributed by atoms with Gasteiger partial charge in [0.05, 0.1) is 16.5 Å². The predicted octanol–water partition coefficient (Wildman–Crippen LogP) is 1.76. The number of hydrogen-bond donors (Lipinski definition) is 2. The second-order valence-corrected chi connectivity index (χ2v) is 4.89. The molecule has 0 spiro atoms. The van der Waals surface area contributed by atoms with Crippen molar-refractivity contribution >= 4 is 17.3 Å². The van der Waals surface area contributed by atoms with Crippen LogP contribution in [0.2, 0.25) is 0 Å². The summed E-state index contributed by atoms with van der Waals surface area (Å²) in [5.74, 6) is -0.133. The molecule has 1 saturated heterocycles. The third kappa shape index (κ3) is 2.90. The monoisotopic (exact) mass is 263 g/mol. The average Bonchev–Trinajstić information content (AvgIpc) is 2.85. The van der Waals surface area contributed by atoms with Gasteiger partial charge in [0.2, 0.25) is 5.91 Å². The highest BCUT2D eigenvalue weighted by atomic mass is 16.6. The fourth-order valence-electron chi connectivity index (χ4n) is 2.29. The molecule has 0 saturated carbocycles. The minimum Gasteiger partial charge on any atom is -0.325 e. The minimum atomic E-state index is -0.429. The van der Waals surface area contributed by atoms with Gasteiger partial charge in [-0.15, -0.1) is 0 Å². The van der Waals surface area contributed by atoms with Crippen molar-refractivity contribution in [3.63, 3.8) is 0 Å². The fraction of sp³-hybridized carbons (Fsp3) is 0.462. The van der Waals surface area contributed by atoms with Crippen molar-refractivity contribution in [3.05, 3.63) is 33.4 Å². The van der Waals surface area contributed by atoms with E-state index in [-0.39, 0.29) is 17.5 Å². The number of aryl methyl sites for hydroxylation is 2. The molecule has 2 rings (SSSR count). The maximum absolute atomic E-state index is 12.0. The van der Waals surface area contributed by atoms with E-state index in [4.69, 9.17) is 0 Å². The van der Waals surface area contributed by atoms with Crippen molar-refractivity contribution in [2.24, 2.45) is 5.92 Å². The number of nitro groups is 1. The lowest BCUT2D eigenvalue weighted by atomic mass is 10.1. The molecule has 1 atom stereocenters. The van der Waals surface area contributed by atoms with Crippen LogP contribution in [0.1, 0.15) is 17.5 Å². The van der Waals surface area contributed by atoms with Gasteiger partial charge >= 0.3 is 0 Å². The number of nitro benzene ring substituents is 1. The van der Waals surface area contributed by atoms with Gasteiger partial charge in [0.15, 0.2) is 0 Å². The largest absolute Gasteiger partial charge is 0.325 e. The van der Waals surface area contributed by atoms with Crippen molar-refractivity contribution < 1.29 is 9.72 Å². The van der Waals surface area contributed by atoms with Crippen molar-refractivity contribution in [2.75, 3.05) is 18.4 Å². The molecule has 0 aromatic heterocycles. The lowest BCUT2D eigenvalue weighted by molar-refractivity contribution is -0.385. The lowest BCUT2D eigenvalue weighted by Gasteiger charge is -2.12. The molecule has 1 unspecified atom stereocenters. The number of carbonyl (C=O) groups excluding carboxylic acids is 1. The number of rotatable bonds is 3. The van der Waals surface area contributed by atoms with Gasteiger partial charge in [-0.2, -0.15) is 0 Å². The highest BCUT2D eigenvalue weighted by Crippen LogP contribution is 2.27. The Balaban J connectivity index is 2.21. The van der Waals surface area contributed by atoms with E-state index in [1.807, 2.05) is 6.92 Å². The topological polar surface area (TPSA) is 84.3 Å². The van der Waals surface area contributed by atoms with Crippen LogP contribution in [0.15, 0.2) is 12.1 Å². The molecule has 1 fully saturated rings. The first-order valence-electron chi connectivity index (χ1n) is 6.26. The number of hydrogen-bond acceptors (Lipinski definition) is 4. The molecule has 0 bridgehead atoms. The Morgan fingerprint density at radius 2 is 2.16 bits per heavy atom. The van der Waals surface area contributed by atoms with E-state index in [1.165, 1.54) is 6.07 Å². The van der Waals surface area contributed by atoms with E-state index in [0.717, 1.165) is 18.5 Å². The standard InChI is InChI=1S/C13H17N3O3/c1-8-5-9(2)12(16(18)19)6-11(8)15-13(17)10-3-4-14-7-10/h5-6,10,14H,3-4,7H2,1-2H3,(H,15,17). The quantitative estimate of drug-likeness (QED) is 0.643. The Kier molecular flexibility index (Phi) is 3.80. The molecule has 19 heavy (non-hydrogen) atoms. The fourth-order valence-corrected chi connectivity index (χ4v) is 2.29. The van der Waals surface area contributed by atoms with Gasteiger partial charge in [-0.25, -0.2) is 0 Å². The molecule has 0 aliphatic carbocycles. The number of nitrogens with one attached hydrogen (secondary N) is 2. The van der Waals surface area contributed by atoms with Crippen LogP contribution < -0.4 is 10.6 Å². The van der Waals surface area contributed by atoms with Gasteiger partial charge in [0.1, 0.15) is 0 Å². The second-order valence-electron chi connectivity index (χ2n) is 4.89.